The number of aliphatic carboxylic acids is 1. The fourth-order valence-electron chi connectivity index (χ4n) is 2.95. The fourth-order valence-corrected chi connectivity index (χ4v) is 2.95. The smallest absolute Gasteiger partial charge is 0.303 e. The maximum Gasteiger partial charge on any atom is 0.303 e. The van der Waals surface area contributed by atoms with Crippen molar-refractivity contribution in [2.75, 3.05) is 6.61 Å². The molecule has 146 valence electrons. The average Bonchev–Trinajstić information content (AvgIpc) is 2.64. The van der Waals surface area contributed by atoms with Gasteiger partial charge in [0.25, 0.3) is 0 Å². The minimum Gasteiger partial charge on any atom is -0.481 e. The lowest BCUT2D eigenvalue weighted by Crippen LogP contribution is -1.99. The fraction of sp³-hybridized carbons (Fsp3) is 0.609. The molecule has 0 amide bonds. The summed E-state index contributed by atoms with van der Waals surface area (Å²) in [6.07, 6.45) is 17.1. The van der Waals surface area contributed by atoms with Gasteiger partial charge in [0.15, 0.2) is 0 Å². The highest BCUT2D eigenvalue weighted by Gasteiger charge is 2.00. The molecule has 0 atom stereocenters. The predicted molar refractivity (Wildman–Crippen MR) is 108 cm³/mol. The molecular weight excluding hydrogens is 324 g/mol. The van der Waals surface area contributed by atoms with Gasteiger partial charge in [-0.3, -0.25) is 4.79 Å². The zero-order valence-electron chi connectivity index (χ0n) is 16.4. The Morgan fingerprint density at radius 1 is 1.00 bits per heavy atom. The van der Waals surface area contributed by atoms with Crippen LogP contribution in [0.3, 0.4) is 0 Å². The number of allylic oxidation sites excluding steroid dienone is 1. The first kappa shape index (κ1) is 22.4. The molecule has 0 radical (unpaired) electrons. The third-order valence-corrected chi connectivity index (χ3v) is 4.49. The molecule has 0 aromatic heterocycles. The maximum absolute atomic E-state index is 10.6. The van der Waals surface area contributed by atoms with E-state index in [0.29, 0.717) is 19.6 Å². The summed E-state index contributed by atoms with van der Waals surface area (Å²) in [6.45, 7) is 3.47. The highest BCUT2D eigenvalue weighted by atomic mass is 16.5. The van der Waals surface area contributed by atoms with Crippen LogP contribution in [0.4, 0.5) is 0 Å². The third-order valence-electron chi connectivity index (χ3n) is 4.49. The van der Waals surface area contributed by atoms with Gasteiger partial charge in [0.05, 0.1) is 13.2 Å². The molecular formula is C23H36O3. The minimum absolute atomic E-state index is 0.172. The summed E-state index contributed by atoms with van der Waals surface area (Å²) in [6, 6.07) is 7.99. The first-order valence-corrected chi connectivity index (χ1v) is 10.2. The monoisotopic (exact) mass is 360 g/mol. The molecule has 0 aliphatic carbocycles. The van der Waals surface area contributed by atoms with E-state index in [0.717, 1.165) is 17.5 Å². The zero-order valence-corrected chi connectivity index (χ0v) is 16.4. The Bertz CT molecular complexity index is 508. The number of aryl methyl sites for hydroxylation is 1. The van der Waals surface area contributed by atoms with Crippen LogP contribution in [0.25, 0.3) is 0 Å². The highest BCUT2D eigenvalue weighted by Crippen LogP contribution is 2.10. The van der Waals surface area contributed by atoms with Crippen LogP contribution < -0.4 is 0 Å². The molecule has 0 aliphatic heterocycles. The SMILES string of the molecule is CCCCCCCCCC/C=C/COCc1cccc(CCC(=O)O)c1. The molecule has 0 unspecified atom stereocenters. The molecule has 3 heteroatoms. The van der Waals surface area contributed by atoms with Crippen LogP contribution in [-0.4, -0.2) is 17.7 Å². The van der Waals surface area contributed by atoms with E-state index >= 15 is 0 Å². The Hall–Kier alpha value is -1.61. The summed E-state index contributed by atoms with van der Waals surface area (Å²) >= 11 is 0. The molecule has 3 nitrogen and oxygen atoms in total. The van der Waals surface area contributed by atoms with E-state index in [2.05, 4.69) is 19.1 Å². The molecule has 0 aliphatic rings. The molecule has 0 fully saturated rings. The van der Waals surface area contributed by atoms with Gasteiger partial charge in [-0.05, 0) is 30.4 Å². The van der Waals surface area contributed by atoms with E-state index in [1.54, 1.807) is 0 Å². The number of ether oxygens (including phenoxy) is 1. The van der Waals surface area contributed by atoms with E-state index in [-0.39, 0.29) is 6.42 Å². The van der Waals surface area contributed by atoms with Crippen LogP contribution in [0.1, 0.15) is 82.3 Å². The number of hydrogen-bond donors (Lipinski definition) is 1. The predicted octanol–water partition coefficient (Wildman–Crippen LogP) is 6.31. The molecule has 1 N–H and O–H groups in total. The molecule has 26 heavy (non-hydrogen) atoms. The minimum atomic E-state index is -0.756. The van der Waals surface area contributed by atoms with Crippen molar-refractivity contribution < 1.29 is 14.6 Å². The number of carboxylic acid groups (broad SMARTS) is 1. The third kappa shape index (κ3) is 12.7. The lowest BCUT2D eigenvalue weighted by atomic mass is 10.1. The van der Waals surface area contributed by atoms with Crippen molar-refractivity contribution in [3.63, 3.8) is 0 Å². The lowest BCUT2D eigenvalue weighted by molar-refractivity contribution is -0.136. The Balaban J connectivity index is 2.01. The molecule has 0 bridgehead atoms. The summed E-state index contributed by atoms with van der Waals surface area (Å²) in [5.74, 6) is -0.756. The van der Waals surface area contributed by atoms with Gasteiger partial charge in [0, 0.05) is 6.42 Å². The molecule has 1 aromatic carbocycles. The highest BCUT2D eigenvalue weighted by molar-refractivity contribution is 5.67. The van der Waals surface area contributed by atoms with Crippen LogP contribution >= 0.6 is 0 Å². The van der Waals surface area contributed by atoms with Gasteiger partial charge in [-0.1, -0.05) is 88.3 Å². The summed E-state index contributed by atoms with van der Waals surface area (Å²) in [7, 11) is 0. The van der Waals surface area contributed by atoms with Crippen molar-refractivity contribution in [1.82, 2.24) is 0 Å². The first-order valence-electron chi connectivity index (χ1n) is 10.2. The maximum atomic E-state index is 10.6. The van der Waals surface area contributed by atoms with Crippen LogP contribution in [0.5, 0.6) is 0 Å². The van der Waals surface area contributed by atoms with Gasteiger partial charge < -0.3 is 9.84 Å². The second-order valence-electron chi connectivity index (χ2n) is 6.96. The molecule has 0 saturated heterocycles. The van der Waals surface area contributed by atoms with Crippen molar-refractivity contribution in [3.8, 4) is 0 Å². The Morgan fingerprint density at radius 3 is 2.42 bits per heavy atom. The Morgan fingerprint density at radius 2 is 1.69 bits per heavy atom. The van der Waals surface area contributed by atoms with E-state index in [1.807, 2.05) is 24.3 Å². The largest absolute Gasteiger partial charge is 0.481 e. The summed E-state index contributed by atoms with van der Waals surface area (Å²) in [5, 5.41) is 8.75. The second-order valence-corrected chi connectivity index (χ2v) is 6.96. The topological polar surface area (TPSA) is 46.5 Å². The standard InChI is InChI=1S/C23H36O3/c1-2-3-4-5-6-7-8-9-10-11-12-18-26-20-22-15-13-14-21(19-22)16-17-23(24)25/h11-15,19H,2-10,16-18,20H2,1H3,(H,24,25)/b12-11+. The number of rotatable bonds is 16. The van der Waals surface area contributed by atoms with Crippen molar-refractivity contribution in [3.05, 3.63) is 47.5 Å². The number of carboxylic acids is 1. The molecule has 1 aromatic rings. The van der Waals surface area contributed by atoms with E-state index in [4.69, 9.17) is 9.84 Å². The van der Waals surface area contributed by atoms with Gasteiger partial charge >= 0.3 is 5.97 Å². The van der Waals surface area contributed by atoms with Crippen LogP contribution in [0.15, 0.2) is 36.4 Å². The number of carbonyl (C=O) groups is 1. The Kier molecular flexibility index (Phi) is 13.5. The van der Waals surface area contributed by atoms with E-state index in [9.17, 15) is 4.79 Å². The molecule has 1 rings (SSSR count). The van der Waals surface area contributed by atoms with Crippen molar-refractivity contribution in [2.24, 2.45) is 0 Å². The van der Waals surface area contributed by atoms with E-state index in [1.165, 1.54) is 51.4 Å². The summed E-state index contributed by atoms with van der Waals surface area (Å²) in [5.41, 5.74) is 2.16. The quantitative estimate of drug-likeness (QED) is 0.278. The van der Waals surface area contributed by atoms with Crippen LogP contribution in [-0.2, 0) is 22.6 Å². The molecule has 0 saturated carbocycles. The van der Waals surface area contributed by atoms with Crippen LogP contribution in [0, 0.1) is 0 Å². The first-order chi connectivity index (χ1) is 12.7. The lowest BCUT2D eigenvalue weighted by Gasteiger charge is -2.05. The summed E-state index contributed by atoms with van der Waals surface area (Å²) in [4.78, 5) is 10.6. The van der Waals surface area contributed by atoms with Gasteiger partial charge in [-0.25, -0.2) is 0 Å². The van der Waals surface area contributed by atoms with Gasteiger partial charge in [0.2, 0.25) is 0 Å². The second kappa shape index (κ2) is 15.6. The van der Waals surface area contributed by atoms with Crippen LogP contribution in [0.2, 0.25) is 0 Å². The van der Waals surface area contributed by atoms with Gasteiger partial charge in [0.1, 0.15) is 0 Å². The van der Waals surface area contributed by atoms with Gasteiger partial charge in [-0.15, -0.1) is 0 Å². The normalized spacial score (nSPS) is 11.3. The van der Waals surface area contributed by atoms with Crippen molar-refractivity contribution in [2.45, 2.75) is 84.2 Å². The zero-order chi connectivity index (χ0) is 18.9. The van der Waals surface area contributed by atoms with Gasteiger partial charge in [-0.2, -0.15) is 0 Å². The molecule has 0 heterocycles. The number of benzene rings is 1. The van der Waals surface area contributed by atoms with Crippen molar-refractivity contribution >= 4 is 5.97 Å². The number of unbranched alkanes of at least 4 members (excludes halogenated alkanes) is 8. The summed E-state index contributed by atoms with van der Waals surface area (Å²) < 4.78 is 5.68. The Labute approximate surface area is 159 Å². The molecule has 0 spiro atoms. The average molecular weight is 361 g/mol. The van der Waals surface area contributed by atoms with Crippen molar-refractivity contribution in [1.29, 1.82) is 0 Å². The van der Waals surface area contributed by atoms with E-state index < -0.39 is 5.97 Å². The number of hydrogen-bond acceptors (Lipinski definition) is 2.